The molecule has 0 saturated carbocycles. The Morgan fingerprint density at radius 1 is 1.22 bits per heavy atom. The Hall–Kier alpha value is -1.65. The molecule has 1 aromatic carbocycles. The number of aromatic nitrogens is 1. The van der Waals surface area contributed by atoms with Crippen molar-refractivity contribution in [3.8, 4) is 0 Å². The van der Waals surface area contributed by atoms with Crippen molar-refractivity contribution >= 4 is 16.5 Å². The Kier molecular flexibility index (Phi) is 4.44. The van der Waals surface area contributed by atoms with Gasteiger partial charge in [0, 0.05) is 42.6 Å². The van der Waals surface area contributed by atoms with Crippen molar-refractivity contribution in [3.05, 3.63) is 36.7 Å². The van der Waals surface area contributed by atoms with Gasteiger partial charge in [0.1, 0.15) is 0 Å². The molecule has 2 aromatic rings. The number of hydrogen-bond donors (Lipinski definition) is 2. The van der Waals surface area contributed by atoms with Gasteiger partial charge in [-0.2, -0.15) is 0 Å². The van der Waals surface area contributed by atoms with E-state index in [2.05, 4.69) is 44.8 Å². The average molecular weight is 310 g/mol. The maximum Gasteiger partial charge on any atom is 0.0388 e. The van der Waals surface area contributed by atoms with Crippen LogP contribution in [0, 0.1) is 5.92 Å². The molecule has 3 heterocycles. The topological polar surface area (TPSA) is 40.2 Å². The number of benzene rings is 1. The second kappa shape index (κ2) is 6.85. The van der Waals surface area contributed by atoms with Gasteiger partial charge < -0.3 is 15.5 Å². The highest BCUT2D eigenvalue weighted by molar-refractivity contribution is 5.84. The molecule has 2 N–H and O–H groups in total. The standard InChI is InChI=1S/C19H26N4/c1-2-19(14-23(9-1)13-15-5-7-20-11-15)22-18-4-3-17-12-21-8-6-16(17)10-18/h3-4,6,8,10,12,15,19-20,22H,1-2,5,7,9,11,13-14H2/t15-,19?/m1/s1. The van der Waals surface area contributed by atoms with E-state index in [0.717, 1.165) is 5.92 Å². The Balaban J connectivity index is 1.38. The van der Waals surface area contributed by atoms with E-state index in [4.69, 9.17) is 0 Å². The van der Waals surface area contributed by atoms with E-state index in [1.54, 1.807) is 0 Å². The van der Waals surface area contributed by atoms with E-state index in [9.17, 15) is 0 Å². The predicted molar refractivity (Wildman–Crippen MR) is 95.8 cm³/mol. The van der Waals surface area contributed by atoms with Crippen molar-refractivity contribution < 1.29 is 0 Å². The Labute approximate surface area is 138 Å². The van der Waals surface area contributed by atoms with Crippen LogP contribution in [0.2, 0.25) is 0 Å². The molecular formula is C19H26N4. The summed E-state index contributed by atoms with van der Waals surface area (Å²) in [5.74, 6) is 0.849. The van der Waals surface area contributed by atoms with Gasteiger partial charge in [-0.3, -0.25) is 4.98 Å². The fraction of sp³-hybridized carbons (Fsp3) is 0.526. The smallest absolute Gasteiger partial charge is 0.0388 e. The summed E-state index contributed by atoms with van der Waals surface area (Å²) in [7, 11) is 0. The minimum Gasteiger partial charge on any atom is -0.381 e. The molecule has 2 aliphatic rings. The summed E-state index contributed by atoms with van der Waals surface area (Å²) < 4.78 is 0. The van der Waals surface area contributed by atoms with Gasteiger partial charge in [-0.15, -0.1) is 0 Å². The molecule has 0 spiro atoms. The van der Waals surface area contributed by atoms with Crippen molar-refractivity contribution in [3.63, 3.8) is 0 Å². The number of fused-ring (bicyclic) bond motifs is 1. The summed E-state index contributed by atoms with van der Waals surface area (Å²) in [5, 5.41) is 9.70. The molecule has 4 heteroatoms. The molecule has 1 unspecified atom stereocenters. The van der Waals surface area contributed by atoms with Crippen LogP contribution >= 0.6 is 0 Å². The zero-order valence-corrected chi connectivity index (χ0v) is 13.7. The van der Waals surface area contributed by atoms with Gasteiger partial charge in [0.25, 0.3) is 0 Å². The van der Waals surface area contributed by atoms with Crippen molar-refractivity contribution in [1.29, 1.82) is 0 Å². The maximum atomic E-state index is 4.18. The number of pyridine rings is 1. The lowest BCUT2D eigenvalue weighted by Crippen LogP contribution is -2.44. The van der Waals surface area contributed by atoms with Gasteiger partial charge in [-0.05, 0) is 68.4 Å². The van der Waals surface area contributed by atoms with Crippen LogP contribution in [0.3, 0.4) is 0 Å². The fourth-order valence-electron chi connectivity index (χ4n) is 3.98. The van der Waals surface area contributed by atoms with Crippen LogP contribution < -0.4 is 10.6 Å². The number of nitrogens with one attached hydrogen (secondary N) is 2. The lowest BCUT2D eigenvalue weighted by molar-refractivity contribution is 0.190. The molecule has 0 aliphatic carbocycles. The summed E-state index contributed by atoms with van der Waals surface area (Å²) in [6, 6.07) is 9.24. The number of anilines is 1. The van der Waals surface area contributed by atoms with Crippen LogP contribution in [-0.4, -0.2) is 48.6 Å². The first-order valence-corrected chi connectivity index (χ1v) is 8.90. The average Bonchev–Trinajstić information content (AvgIpc) is 3.08. The molecule has 2 atom stereocenters. The SMILES string of the molecule is c1cc2cc(NC3CCCN(C[C@@H]4CCNC4)C3)ccc2cn1. The Morgan fingerprint density at radius 2 is 2.22 bits per heavy atom. The van der Waals surface area contributed by atoms with Crippen LogP contribution in [0.15, 0.2) is 36.7 Å². The molecule has 0 radical (unpaired) electrons. The van der Waals surface area contributed by atoms with E-state index >= 15 is 0 Å². The highest BCUT2D eigenvalue weighted by Crippen LogP contribution is 2.22. The van der Waals surface area contributed by atoms with Crippen molar-refractivity contribution in [2.24, 2.45) is 5.92 Å². The lowest BCUT2D eigenvalue weighted by atomic mass is 10.0. The highest BCUT2D eigenvalue weighted by atomic mass is 15.2. The van der Waals surface area contributed by atoms with Crippen molar-refractivity contribution in [2.75, 3.05) is 38.0 Å². The monoisotopic (exact) mass is 310 g/mol. The highest BCUT2D eigenvalue weighted by Gasteiger charge is 2.23. The van der Waals surface area contributed by atoms with Gasteiger partial charge in [-0.1, -0.05) is 6.07 Å². The lowest BCUT2D eigenvalue weighted by Gasteiger charge is -2.35. The van der Waals surface area contributed by atoms with Gasteiger partial charge in [0.2, 0.25) is 0 Å². The largest absolute Gasteiger partial charge is 0.381 e. The Morgan fingerprint density at radius 3 is 3.13 bits per heavy atom. The van der Waals surface area contributed by atoms with E-state index < -0.39 is 0 Å². The third kappa shape index (κ3) is 3.65. The van der Waals surface area contributed by atoms with E-state index in [-0.39, 0.29) is 0 Å². The molecular weight excluding hydrogens is 284 g/mol. The molecule has 1 aromatic heterocycles. The van der Waals surface area contributed by atoms with Crippen molar-refractivity contribution in [1.82, 2.24) is 15.2 Å². The van der Waals surface area contributed by atoms with Crippen LogP contribution in [0.25, 0.3) is 10.8 Å². The number of piperidine rings is 1. The van der Waals surface area contributed by atoms with Crippen LogP contribution in [0.4, 0.5) is 5.69 Å². The fourth-order valence-corrected chi connectivity index (χ4v) is 3.98. The normalized spacial score (nSPS) is 25.7. The number of rotatable bonds is 4. The van der Waals surface area contributed by atoms with Crippen LogP contribution in [-0.2, 0) is 0 Å². The molecule has 0 bridgehead atoms. The molecule has 2 aliphatic heterocycles. The quantitative estimate of drug-likeness (QED) is 0.911. The Bertz CT molecular complexity index is 651. The van der Waals surface area contributed by atoms with Gasteiger partial charge >= 0.3 is 0 Å². The van der Waals surface area contributed by atoms with Crippen LogP contribution in [0.1, 0.15) is 19.3 Å². The second-order valence-corrected chi connectivity index (χ2v) is 7.04. The molecule has 122 valence electrons. The first-order valence-electron chi connectivity index (χ1n) is 8.90. The minimum atomic E-state index is 0.567. The third-order valence-corrected chi connectivity index (χ3v) is 5.20. The van der Waals surface area contributed by atoms with E-state index in [1.165, 1.54) is 68.4 Å². The second-order valence-electron chi connectivity index (χ2n) is 7.04. The van der Waals surface area contributed by atoms with Crippen LogP contribution in [0.5, 0.6) is 0 Å². The number of nitrogens with zero attached hydrogens (tertiary/aromatic N) is 2. The van der Waals surface area contributed by atoms with Crippen molar-refractivity contribution in [2.45, 2.75) is 25.3 Å². The summed E-state index contributed by atoms with van der Waals surface area (Å²) in [4.78, 5) is 6.84. The summed E-state index contributed by atoms with van der Waals surface area (Å²) in [6.07, 6.45) is 7.71. The van der Waals surface area contributed by atoms with E-state index in [1.807, 2.05) is 12.4 Å². The summed E-state index contributed by atoms with van der Waals surface area (Å²) >= 11 is 0. The third-order valence-electron chi connectivity index (χ3n) is 5.20. The zero-order valence-electron chi connectivity index (χ0n) is 13.7. The number of hydrogen-bond acceptors (Lipinski definition) is 4. The summed E-state index contributed by atoms with van der Waals surface area (Å²) in [5.41, 5.74) is 1.23. The molecule has 23 heavy (non-hydrogen) atoms. The van der Waals surface area contributed by atoms with Gasteiger partial charge in [0.15, 0.2) is 0 Å². The van der Waals surface area contributed by atoms with E-state index in [0.29, 0.717) is 6.04 Å². The molecule has 2 saturated heterocycles. The first kappa shape index (κ1) is 14.9. The predicted octanol–water partition coefficient (Wildman–Crippen LogP) is 2.72. The maximum absolute atomic E-state index is 4.18. The molecule has 4 rings (SSSR count). The summed E-state index contributed by atoms with van der Waals surface area (Å²) in [6.45, 7) is 6.09. The zero-order chi connectivity index (χ0) is 15.5. The minimum absolute atomic E-state index is 0.567. The molecule has 0 amide bonds. The number of likely N-dealkylation sites (tertiary alicyclic amines) is 1. The first-order chi connectivity index (χ1) is 11.4. The molecule has 4 nitrogen and oxygen atoms in total. The van der Waals surface area contributed by atoms with Gasteiger partial charge in [-0.25, -0.2) is 0 Å². The van der Waals surface area contributed by atoms with Gasteiger partial charge in [0.05, 0.1) is 0 Å². The molecule has 2 fully saturated rings.